The van der Waals surface area contributed by atoms with Crippen molar-refractivity contribution in [2.75, 3.05) is 19.7 Å². The van der Waals surface area contributed by atoms with E-state index >= 15 is 0 Å². The highest BCUT2D eigenvalue weighted by Crippen LogP contribution is 2.20. The van der Waals surface area contributed by atoms with Gasteiger partial charge in [0.15, 0.2) is 6.61 Å². The number of hydrogen-bond donors (Lipinski definition) is 2. The fraction of sp³-hybridized carbons (Fsp3) is 0.526. The van der Waals surface area contributed by atoms with Gasteiger partial charge >= 0.3 is 12.0 Å². The highest BCUT2D eigenvalue weighted by atomic mass is 32.2. The molecule has 0 fully saturated rings. The number of urea groups is 1. The molecule has 0 aliphatic rings. The number of hydrogen-bond acceptors (Lipinski definition) is 6. The zero-order valence-electron chi connectivity index (χ0n) is 17.7. The zero-order chi connectivity index (χ0) is 22.4. The molecule has 0 radical (unpaired) electrons. The molecule has 2 N–H and O–H groups in total. The van der Waals surface area contributed by atoms with Crippen molar-refractivity contribution in [3.8, 4) is 0 Å². The lowest BCUT2D eigenvalue weighted by Crippen LogP contribution is -2.49. The summed E-state index contributed by atoms with van der Waals surface area (Å²) in [6.45, 7) is 10.2. The number of ether oxygens (including phenoxy) is 1. The Balaban J connectivity index is 2.88. The highest BCUT2D eigenvalue weighted by Gasteiger charge is 2.24. The van der Waals surface area contributed by atoms with Crippen LogP contribution in [-0.4, -0.2) is 55.9 Å². The Labute approximate surface area is 171 Å². The molecular weight excluding hydrogens is 398 g/mol. The van der Waals surface area contributed by atoms with Crippen LogP contribution in [-0.2, 0) is 19.6 Å². The van der Waals surface area contributed by atoms with E-state index in [1.54, 1.807) is 41.5 Å². The molecule has 0 unspecified atom stereocenters. The lowest BCUT2D eigenvalue weighted by molar-refractivity contribution is -0.123. The van der Waals surface area contributed by atoms with Gasteiger partial charge in [-0.3, -0.25) is 10.1 Å². The van der Waals surface area contributed by atoms with Gasteiger partial charge < -0.3 is 10.1 Å². The summed E-state index contributed by atoms with van der Waals surface area (Å²) in [6, 6.07) is 3.45. The number of carbonyl (C=O) groups is 3. The van der Waals surface area contributed by atoms with Crippen molar-refractivity contribution in [1.29, 1.82) is 0 Å². The second-order valence-electron chi connectivity index (χ2n) is 7.39. The summed E-state index contributed by atoms with van der Waals surface area (Å²) in [5.41, 5.74) is -0.000798. The third-order valence-corrected chi connectivity index (χ3v) is 5.89. The average Bonchev–Trinajstić information content (AvgIpc) is 2.58. The third-order valence-electron chi connectivity index (χ3n) is 3.85. The molecule has 0 bridgehead atoms. The molecule has 0 atom stereocenters. The first kappa shape index (κ1) is 24.6. The molecule has 0 saturated heterocycles. The predicted molar refractivity (Wildman–Crippen MR) is 108 cm³/mol. The van der Waals surface area contributed by atoms with E-state index in [-0.39, 0.29) is 10.5 Å². The van der Waals surface area contributed by atoms with E-state index in [1.807, 2.05) is 0 Å². The van der Waals surface area contributed by atoms with Gasteiger partial charge in [-0.25, -0.2) is 18.0 Å². The van der Waals surface area contributed by atoms with Crippen LogP contribution in [0.4, 0.5) is 4.79 Å². The molecule has 1 aromatic carbocycles. The van der Waals surface area contributed by atoms with Gasteiger partial charge in [0.05, 0.1) is 10.5 Å². The van der Waals surface area contributed by atoms with Gasteiger partial charge in [-0.2, -0.15) is 4.31 Å². The first-order valence-corrected chi connectivity index (χ1v) is 10.7. The molecule has 0 aromatic heterocycles. The molecule has 3 amide bonds. The molecule has 1 rings (SSSR count). The summed E-state index contributed by atoms with van der Waals surface area (Å²) in [5.74, 6) is -1.66. The summed E-state index contributed by atoms with van der Waals surface area (Å²) in [6.07, 6.45) is 0. The van der Waals surface area contributed by atoms with Crippen LogP contribution in [0.2, 0.25) is 0 Å². The maximum Gasteiger partial charge on any atom is 0.338 e. The lowest BCUT2D eigenvalue weighted by atomic mass is 10.1. The molecular formula is C19H29N3O6S. The van der Waals surface area contributed by atoms with Gasteiger partial charge in [0.25, 0.3) is 5.91 Å². The predicted octanol–water partition coefficient (Wildman–Crippen LogP) is 1.81. The number of nitrogens with zero attached hydrogens (tertiary/aromatic N) is 1. The van der Waals surface area contributed by atoms with Gasteiger partial charge in [-0.1, -0.05) is 19.9 Å². The minimum Gasteiger partial charge on any atom is -0.452 e. The Hall–Kier alpha value is -2.46. The SMILES string of the molecule is CCN(CC)S(=O)(=O)c1ccc(C)c(C(=O)OCC(=O)NC(=O)NC(C)(C)C)c1. The number of amides is 3. The first-order chi connectivity index (χ1) is 13.3. The number of sulfonamides is 1. The molecule has 162 valence electrons. The molecule has 0 aliphatic carbocycles. The maximum absolute atomic E-state index is 12.6. The molecule has 10 heteroatoms. The number of nitrogens with one attached hydrogen (secondary N) is 2. The summed E-state index contributed by atoms with van der Waals surface area (Å²) in [5, 5.41) is 4.60. The Bertz CT molecular complexity index is 870. The van der Waals surface area contributed by atoms with Gasteiger partial charge in [0.1, 0.15) is 0 Å². The van der Waals surface area contributed by atoms with Crippen LogP contribution in [0, 0.1) is 6.92 Å². The van der Waals surface area contributed by atoms with E-state index < -0.39 is 40.1 Å². The van der Waals surface area contributed by atoms with Crippen LogP contribution in [0.5, 0.6) is 0 Å². The van der Waals surface area contributed by atoms with E-state index in [9.17, 15) is 22.8 Å². The number of aryl methyl sites for hydroxylation is 1. The Morgan fingerprint density at radius 2 is 1.69 bits per heavy atom. The van der Waals surface area contributed by atoms with Crippen molar-refractivity contribution >= 4 is 27.9 Å². The summed E-state index contributed by atoms with van der Waals surface area (Å²) >= 11 is 0. The summed E-state index contributed by atoms with van der Waals surface area (Å²) in [4.78, 5) is 35.8. The third kappa shape index (κ3) is 7.13. The summed E-state index contributed by atoms with van der Waals surface area (Å²) in [7, 11) is -3.75. The minimum absolute atomic E-state index is 0.0326. The molecule has 0 saturated carbocycles. The van der Waals surface area contributed by atoms with Crippen LogP contribution >= 0.6 is 0 Å². The Morgan fingerprint density at radius 3 is 2.21 bits per heavy atom. The maximum atomic E-state index is 12.6. The van der Waals surface area contributed by atoms with Gasteiger partial charge in [-0.05, 0) is 45.4 Å². The number of imide groups is 1. The normalized spacial score (nSPS) is 11.8. The highest BCUT2D eigenvalue weighted by molar-refractivity contribution is 7.89. The van der Waals surface area contributed by atoms with Crippen LogP contribution in [0.15, 0.2) is 23.1 Å². The smallest absolute Gasteiger partial charge is 0.338 e. The van der Waals surface area contributed by atoms with Crippen LogP contribution in [0.1, 0.15) is 50.5 Å². The van der Waals surface area contributed by atoms with Crippen LogP contribution < -0.4 is 10.6 Å². The van der Waals surface area contributed by atoms with E-state index in [0.717, 1.165) is 0 Å². The number of benzene rings is 1. The minimum atomic E-state index is -3.75. The van der Waals surface area contributed by atoms with Crippen molar-refractivity contribution in [2.24, 2.45) is 0 Å². The Kier molecular flexibility index (Phi) is 8.34. The first-order valence-electron chi connectivity index (χ1n) is 9.21. The fourth-order valence-corrected chi connectivity index (χ4v) is 3.92. The average molecular weight is 428 g/mol. The standard InChI is InChI=1S/C19H29N3O6S/c1-7-22(8-2)29(26,27)14-10-9-13(3)15(11-14)17(24)28-12-16(23)20-18(25)21-19(4,5)6/h9-11H,7-8,12H2,1-6H3,(H2,20,21,23,25). The van der Waals surface area contributed by atoms with Crippen molar-refractivity contribution in [3.63, 3.8) is 0 Å². The zero-order valence-corrected chi connectivity index (χ0v) is 18.5. The second kappa shape index (κ2) is 9.84. The molecule has 0 heterocycles. The molecule has 9 nitrogen and oxygen atoms in total. The van der Waals surface area contributed by atoms with E-state index in [0.29, 0.717) is 18.7 Å². The monoisotopic (exact) mass is 427 g/mol. The molecule has 29 heavy (non-hydrogen) atoms. The lowest BCUT2D eigenvalue weighted by Gasteiger charge is -2.20. The quantitative estimate of drug-likeness (QED) is 0.640. The molecule has 0 spiro atoms. The van der Waals surface area contributed by atoms with Gasteiger partial charge in [0.2, 0.25) is 10.0 Å². The fourth-order valence-electron chi connectivity index (χ4n) is 2.44. The number of esters is 1. The van der Waals surface area contributed by atoms with Crippen LogP contribution in [0.25, 0.3) is 0 Å². The van der Waals surface area contributed by atoms with Gasteiger partial charge in [-0.15, -0.1) is 0 Å². The van der Waals surface area contributed by atoms with E-state index in [4.69, 9.17) is 4.74 Å². The van der Waals surface area contributed by atoms with Crippen molar-refractivity contribution in [1.82, 2.24) is 14.9 Å². The number of carbonyl (C=O) groups excluding carboxylic acids is 3. The largest absolute Gasteiger partial charge is 0.452 e. The van der Waals surface area contributed by atoms with Crippen molar-refractivity contribution in [2.45, 2.75) is 52.0 Å². The van der Waals surface area contributed by atoms with E-state index in [1.165, 1.54) is 22.5 Å². The van der Waals surface area contributed by atoms with Gasteiger partial charge in [0, 0.05) is 18.6 Å². The van der Waals surface area contributed by atoms with Crippen LogP contribution in [0.3, 0.4) is 0 Å². The summed E-state index contributed by atoms with van der Waals surface area (Å²) < 4.78 is 31.5. The van der Waals surface area contributed by atoms with Crippen molar-refractivity contribution in [3.05, 3.63) is 29.3 Å². The van der Waals surface area contributed by atoms with Crippen molar-refractivity contribution < 1.29 is 27.5 Å². The van der Waals surface area contributed by atoms with E-state index in [2.05, 4.69) is 10.6 Å². The molecule has 1 aromatic rings. The number of rotatable bonds is 7. The molecule has 0 aliphatic heterocycles. The second-order valence-corrected chi connectivity index (χ2v) is 9.33. The Morgan fingerprint density at radius 1 is 1.10 bits per heavy atom. The topological polar surface area (TPSA) is 122 Å².